The molecule has 2 heterocycles. The van der Waals surface area contributed by atoms with Gasteiger partial charge in [-0.05, 0) is 57.8 Å². The molecule has 2 aromatic rings. The quantitative estimate of drug-likeness (QED) is 0.939. The molecule has 1 aromatic heterocycles. The molecule has 112 valence electrons. The van der Waals surface area contributed by atoms with E-state index in [9.17, 15) is 0 Å². The van der Waals surface area contributed by atoms with Crippen LogP contribution in [-0.4, -0.2) is 29.5 Å². The number of nitrogens with zero attached hydrogens (tertiary/aromatic N) is 2. The third-order valence-electron chi connectivity index (χ3n) is 4.29. The molecular weight excluding hydrogens is 262 g/mol. The maximum Gasteiger partial charge on any atom is 0.236 e. The van der Waals surface area contributed by atoms with Crippen molar-refractivity contribution in [2.24, 2.45) is 5.92 Å². The molecule has 1 fully saturated rings. The van der Waals surface area contributed by atoms with E-state index in [2.05, 4.69) is 36.4 Å². The lowest BCUT2D eigenvalue weighted by Gasteiger charge is -2.22. The molecule has 0 atom stereocenters. The number of benzene rings is 1. The van der Waals surface area contributed by atoms with Gasteiger partial charge in [0.15, 0.2) is 0 Å². The molecule has 1 saturated heterocycles. The topological polar surface area (TPSA) is 39.1 Å². The Balaban J connectivity index is 1.74. The molecule has 3 rings (SSSR count). The standard InChI is InChI=1S/C17H23N3O/c1-13-14(2)20(16-6-4-3-5-7-16)19-17(13)21-12-15-8-10-18-11-9-15/h3-7,15,18H,8-12H2,1-2H3. The first-order valence-corrected chi connectivity index (χ1v) is 7.71. The summed E-state index contributed by atoms with van der Waals surface area (Å²) in [5, 5.41) is 8.03. The summed E-state index contributed by atoms with van der Waals surface area (Å²) in [5.74, 6) is 1.42. The normalized spacial score (nSPS) is 16.1. The number of nitrogens with one attached hydrogen (secondary N) is 1. The number of rotatable bonds is 4. The molecule has 0 saturated carbocycles. The van der Waals surface area contributed by atoms with Crippen LogP contribution in [0.3, 0.4) is 0 Å². The molecule has 1 aromatic carbocycles. The molecule has 0 radical (unpaired) electrons. The highest BCUT2D eigenvalue weighted by Crippen LogP contribution is 2.24. The second-order valence-electron chi connectivity index (χ2n) is 5.77. The first-order chi connectivity index (χ1) is 10.3. The Hall–Kier alpha value is -1.81. The Morgan fingerprint density at radius 1 is 1.19 bits per heavy atom. The Morgan fingerprint density at radius 2 is 1.90 bits per heavy atom. The Morgan fingerprint density at radius 3 is 2.62 bits per heavy atom. The van der Waals surface area contributed by atoms with Gasteiger partial charge in [-0.1, -0.05) is 18.2 Å². The van der Waals surface area contributed by atoms with Crippen LogP contribution in [0.25, 0.3) is 5.69 Å². The van der Waals surface area contributed by atoms with Crippen LogP contribution in [0, 0.1) is 19.8 Å². The van der Waals surface area contributed by atoms with Gasteiger partial charge >= 0.3 is 0 Å². The van der Waals surface area contributed by atoms with Crippen molar-refractivity contribution in [1.82, 2.24) is 15.1 Å². The van der Waals surface area contributed by atoms with Crippen LogP contribution in [0.5, 0.6) is 5.88 Å². The van der Waals surface area contributed by atoms with Gasteiger partial charge in [-0.2, -0.15) is 0 Å². The molecule has 0 unspecified atom stereocenters. The summed E-state index contributed by atoms with van der Waals surface area (Å²) >= 11 is 0. The highest BCUT2D eigenvalue weighted by Gasteiger charge is 2.17. The van der Waals surface area contributed by atoms with Crippen molar-refractivity contribution in [1.29, 1.82) is 0 Å². The second kappa shape index (κ2) is 6.31. The Bertz CT molecular complexity index is 586. The van der Waals surface area contributed by atoms with Gasteiger partial charge in [0, 0.05) is 11.3 Å². The summed E-state index contributed by atoms with van der Waals surface area (Å²) < 4.78 is 7.96. The van der Waals surface area contributed by atoms with Gasteiger partial charge in [-0.3, -0.25) is 0 Å². The molecule has 0 spiro atoms. The lowest BCUT2D eigenvalue weighted by molar-refractivity contribution is 0.207. The van der Waals surface area contributed by atoms with Crippen molar-refractivity contribution in [3.63, 3.8) is 0 Å². The van der Waals surface area contributed by atoms with Gasteiger partial charge in [0.1, 0.15) is 0 Å². The minimum atomic E-state index is 0.646. The fourth-order valence-corrected chi connectivity index (χ4v) is 2.76. The molecule has 0 bridgehead atoms. The van der Waals surface area contributed by atoms with Crippen molar-refractivity contribution in [3.05, 3.63) is 41.6 Å². The van der Waals surface area contributed by atoms with E-state index in [1.807, 2.05) is 22.9 Å². The van der Waals surface area contributed by atoms with E-state index in [1.54, 1.807) is 0 Å². The van der Waals surface area contributed by atoms with Crippen LogP contribution in [0.2, 0.25) is 0 Å². The molecule has 21 heavy (non-hydrogen) atoms. The van der Waals surface area contributed by atoms with E-state index in [0.717, 1.165) is 42.5 Å². The van der Waals surface area contributed by atoms with Gasteiger partial charge in [0.05, 0.1) is 12.3 Å². The fraction of sp³-hybridized carbons (Fsp3) is 0.471. The third kappa shape index (κ3) is 3.10. The largest absolute Gasteiger partial charge is 0.476 e. The number of piperidine rings is 1. The average molecular weight is 285 g/mol. The van der Waals surface area contributed by atoms with E-state index >= 15 is 0 Å². The molecular formula is C17H23N3O. The predicted molar refractivity (Wildman–Crippen MR) is 84.1 cm³/mol. The molecule has 4 nitrogen and oxygen atoms in total. The van der Waals surface area contributed by atoms with Crippen LogP contribution in [0.1, 0.15) is 24.1 Å². The van der Waals surface area contributed by atoms with Crippen LogP contribution in [-0.2, 0) is 0 Å². The van der Waals surface area contributed by atoms with Crippen molar-refractivity contribution >= 4 is 0 Å². The average Bonchev–Trinajstić information content (AvgIpc) is 2.83. The van der Waals surface area contributed by atoms with Gasteiger partial charge < -0.3 is 10.1 Å². The summed E-state index contributed by atoms with van der Waals surface area (Å²) in [7, 11) is 0. The Kier molecular flexibility index (Phi) is 4.25. The SMILES string of the molecule is Cc1c(OCC2CCNCC2)nn(-c2ccccc2)c1C. The maximum atomic E-state index is 6.00. The molecule has 1 N–H and O–H groups in total. The van der Waals surface area contributed by atoms with E-state index < -0.39 is 0 Å². The van der Waals surface area contributed by atoms with Crippen LogP contribution >= 0.6 is 0 Å². The Labute approximate surface area is 126 Å². The zero-order valence-electron chi connectivity index (χ0n) is 12.8. The summed E-state index contributed by atoms with van der Waals surface area (Å²) in [6.07, 6.45) is 2.38. The minimum absolute atomic E-state index is 0.646. The molecule has 0 amide bonds. The fourth-order valence-electron chi connectivity index (χ4n) is 2.76. The number of para-hydroxylation sites is 1. The molecule has 1 aliphatic rings. The zero-order chi connectivity index (χ0) is 14.7. The third-order valence-corrected chi connectivity index (χ3v) is 4.29. The first-order valence-electron chi connectivity index (χ1n) is 7.71. The van der Waals surface area contributed by atoms with Crippen molar-refractivity contribution in [2.75, 3.05) is 19.7 Å². The number of ether oxygens (including phenoxy) is 1. The van der Waals surface area contributed by atoms with Gasteiger partial charge in [0.25, 0.3) is 0 Å². The van der Waals surface area contributed by atoms with Gasteiger partial charge in [-0.25, -0.2) is 4.68 Å². The number of hydrogen-bond acceptors (Lipinski definition) is 3. The summed E-state index contributed by atoms with van der Waals surface area (Å²) in [6.45, 7) is 7.15. The van der Waals surface area contributed by atoms with Crippen molar-refractivity contribution < 1.29 is 4.74 Å². The summed E-state index contributed by atoms with van der Waals surface area (Å²) in [6, 6.07) is 10.2. The monoisotopic (exact) mass is 285 g/mol. The maximum absolute atomic E-state index is 6.00. The summed E-state index contributed by atoms with van der Waals surface area (Å²) in [5.41, 5.74) is 3.35. The molecule has 0 aliphatic carbocycles. The smallest absolute Gasteiger partial charge is 0.236 e. The van der Waals surface area contributed by atoms with Crippen molar-refractivity contribution in [3.8, 4) is 11.6 Å². The van der Waals surface area contributed by atoms with Gasteiger partial charge in [0.2, 0.25) is 5.88 Å². The number of hydrogen-bond donors (Lipinski definition) is 1. The molecule has 1 aliphatic heterocycles. The van der Waals surface area contributed by atoms with Crippen LogP contribution in [0.4, 0.5) is 0 Å². The minimum Gasteiger partial charge on any atom is -0.476 e. The zero-order valence-corrected chi connectivity index (χ0v) is 12.8. The van der Waals surface area contributed by atoms with Gasteiger partial charge in [-0.15, -0.1) is 5.10 Å². The van der Waals surface area contributed by atoms with Crippen molar-refractivity contribution in [2.45, 2.75) is 26.7 Å². The van der Waals surface area contributed by atoms with E-state index in [0.29, 0.717) is 5.92 Å². The number of aromatic nitrogens is 2. The summed E-state index contributed by atoms with van der Waals surface area (Å²) in [4.78, 5) is 0. The second-order valence-corrected chi connectivity index (χ2v) is 5.77. The lowest BCUT2D eigenvalue weighted by Crippen LogP contribution is -2.30. The van der Waals surface area contributed by atoms with E-state index in [4.69, 9.17) is 4.74 Å². The first kappa shape index (κ1) is 14.1. The highest BCUT2D eigenvalue weighted by atomic mass is 16.5. The van der Waals surface area contributed by atoms with E-state index in [1.165, 1.54) is 12.8 Å². The van der Waals surface area contributed by atoms with Crippen LogP contribution in [0.15, 0.2) is 30.3 Å². The van der Waals surface area contributed by atoms with Crippen LogP contribution < -0.4 is 10.1 Å². The lowest BCUT2D eigenvalue weighted by atomic mass is 9.99. The predicted octanol–water partition coefficient (Wildman–Crippen LogP) is 2.87. The highest BCUT2D eigenvalue weighted by molar-refractivity contribution is 5.38. The molecule has 4 heteroatoms. The van der Waals surface area contributed by atoms with E-state index in [-0.39, 0.29) is 0 Å².